The lowest BCUT2D eigenvalue weighted by atomic mass is 10.0. The molecule has 1 amide bonds. The Morgan fingerprint density at radius 1 is 0.509 bits per heavy atom. The van der Waals surface area contributed by atoms with Crippen LogP contribution in [0, 0.1) is 0 Å². The maximum atomic E-state index is 13.1. The Balaban J connectivity index is 4.53. The third kappa shape index (κ3) is 39.0. The third-order valence-electron chi connectivity index (χ3n) is 11.0. The zero-order valence-electron chi connectivity index (χ0n) is 36.8. The summed E-state index contributed by atoms with van der Waals surface area (Å²) in [6.45, 7) is 6.43. The van der Waals surface area contributed by atoms with E-state index < -0.39 is 18.2 Å². The molecule has 0 aliphatic heterocycles. The number of aliphatic hydroxyl groups excluding tert-OH is 2. The standard InChI is InChI=1S/C49H93NO5/c1-4-7-10-13-16-19-22-23-24-25-27-30-33-36-39-42-49(54)55-45(40-37-34-31-28-21-18-15-12-9-6-3)43-48(53)50-46(44-51)47(52)41-38-35-32-29-26-20-17-14-11-8-5-2/h18-19,21-22,45-47,51-52H,4-17,20,23-44H2,1-3H3,(H,50,53)/b21-18-,22-19-. The van der Waals surface area contributed by atoms with Crippen molar-refractivity contribution in [1.29, 1.82) is 0 Å². The van der Waals surface area contributed by atoms with Gasteiger partial charge in [-0.25, -0.2) is 0 Å². The first kappa shape index (κ1) is 53.3. The summed E-state index contributed by atoms with van der Waals surface area (Å²) in [4.78, 5) is 26.0. The first-order valence-corrected chi connectivity index (χ1v) is 24.1. The van der Waals surface area contributed by atoms with Crippen LogP contribution in [0.5, 0.6) is 0 Å². The van der Waals surface area contributed by atoms with E-state index >= 15 is 0 Å². The molecule has 0 spiro atoms. The summed E-state index contributed by atoms with van der Waals surface area (Å²) >= 11 is 0. The van der Waals surface area contributed by atoms with Crippen molar-refractivity contribution in [3.8, 4) is 0 Å². The molecule has 0 aliphatic rings. The molecule has 0 heterocycles. The van der Waals surface area contributed by atoms with E-state index in [1.807, 2.05) is 0 Å². The van der Waals surface area contributed by atoms with Gasteiger partial charge in [0.1, 0.15) is 6.10 Å². The zero-order chi connectivity index (χ0) is 40.3. The number of aliphatic hydroxyl groups is 2. The predicted molar refractivity (Wildman–Crippen MR) is 236 cm³/mol. The van der Waals surface area contributed by atoms with Gasteiger partial charge in [-0.2, -0.15) is 0 Å². The molecule has 324 valence electrons. The number of carbonyl (C=O) groups excluding carboxylic acids is 2. The second kappa shape index (κ2) is 43.5. The van der Waals surface area contributed by atoms with E-state index in [-0.39, 0.29) is 24.9 Å². The number of carbonyl (C=O) groups is 2. The highest BCUT2D eigenvalue weighted by molar-refractivity contribution is 5.77. The fourth-order valence-electron chi connectivity index (χ4n) is 7.30. The molecular weight excluding hydrogens is 683 g/mol. The summed E-state index contributed by atoms with van der Waals surface area (Å²) < 4.78 is 5.90. The van der Waals surface area contributed by atoms with Crippen LogP contribution in [-0.4, -0.2) is 46.9 Å². The summed E-state index contributed by atoms with van der Waals surface area (Å²) in [7, 11) is 0. The Labute approximate surface area is 341 Å². The number of esters is 1. The summed E-state index contributed by atoms with van der Waals surface area (Å²) in [5, 5.41) is 23.6. The second-order valence-corrected chi connectivity index (χ2v) is 16.5. The monoisotopic (exact) mass is 776 g/mol. The van der Waals surface area contributed by atoms with E-state index in [0.717, 1.165) is 70.6 Å². The van der Waals surface area contributed by atoms with E-state index in [4.69, 9.17) is 4.74 Å². The number of amides is 1. The maximum Gasteiger partial charge on any atom is 0.306 e. The number of hydrogen-bond acceptors (Lipinski definition) is 5. The quantitative estimate of drug-likeness (QED) is 0.0326. The molecule has 3 N–H and O–H groups in total. The van der Waals surface area contributed by atoms with Crippen LogP contribution in [-0.2, 0) is 14.3 Å². The number of allylic oxidation sites excluding steroid dienone is 4. The molecule has 0 aromatic carbocycles. The molecule has 6 heteroatoms. The van der Waals surface area contributed by atoms with Gasteiger partial charge in [-0.05, 0) is 77.0 Å². The van der Waals surface area contributed by atoms with Gasteiger partial charge < -0.3 is 20.3 Å². The fourth-order valence-corrected chi connectivity index (χ4v) is 7.30. The van der Waals surface area contributed by atoms with Gasteiger partial charge in [0.05, 0.1) is 25.2 Å². The van der Waals surface area contributed by atoms with Crippen LogP contribution < -0.4 is 5.32 Å². The topological polar surface area (TPSA) is 95.9 Å². The average Bonchev–Trinajstić information content (AvgIpc) is 3.18. The Hall–Kier alpha value is -1.66. The smallest absolute Gasteiger partial charge is 0.306 e. The molecule has 0 aromatic heterocycles. The van der Waals surface area contributed by atoms with Gasteiger partial charge in [-0.3, -0.25) is 9.59 Å². The van der Waals surface area contributed by atoms with Gasteiger partial charge in [-0.1, -0.05) is 186 Å². The van der Waals surface area contributed by atoms with Crippen LogP contribution >= 0.6 is 0 Å². The first-order chi connectivity index (χ1) is 27.0. The summed E-state index contributed by atoms with van der Waals surface area (Å²) in [5.74, 6) is -0.489. The predicted octanol–water partition coefficient (Wildman–Crippen LogP) is 14.0. The van der Waals surface area contributed by atoms with E-state index in [2.05, 4.69) is 50.4 Å². The van der Waals surface area contributed by atoms with Crippen LogP contribution in [0.3, 0.4) is 0 Å². The molecule has 0 saturated carbocycles. The minimum absolute atomic E-state index is 0.0682. The molecule has 6 nitrogen and oxygen atoms in total. The Morgan fingerprint density at radius 3 is 1.36 bits per heavy atom. The van der Waals surface area contributed by atoms with Gasteiger partial charge in [-0.15, -0.1) is 0 Å². The Bertz CT molecular complexity index is 873. The molecule has 0 aromatic rings. The summed E-state index contributed by atoms with van der Waals surface area (Å²) in [6.07, 6.45) is 48.1. The SMILES string of the molecule is CCCCC/C=C\CCCCCC(CC(=O)NC(CO)C(O)CCCCCCCCCCCCC)OC(=O)CCCCCCCCC/C=C\CCCCCC. The van der Waals surface area contributed by atoms with Crippen molar-refractivity contribution in [2.75, 3.05) is 6.61 Å². The highest BCUT2D eigenvalue weighted by Gasteiger charge is 2.24. The first-order valence-electron chi connectivity index (χ1n) is 24.1. The van der Waals surface area contributed by atoms with Crippen molar-refractivity contribution in [1.82, 2.24) is 5.32 Å². The molecule has 0 aliphatic carbocycles. The van der Waals surface area contributed by atoms with Crippen LogP contribution in [0.15, 0.2) is 24.3 Å². The van der Waals surface area contributed by atoms with E-state index in [1.54, 1.807) is 0 Å². The zero-order valence-corrected chi connectivity index (χ0v) is 36.8. The molecule has 3 unspecified atom stereocenters. The van der Waals surface area contributed by atoms with Gasteiger partial charge in [0, 0.05) is 6.42 Å². The van der Waals surface area contributed by atoms with Crippen molar-refractivity contribution in [3.05, 3.63) is 24.3 Å². The third-order valence-corrected chi connectivity index (χ3v) is 11.0. The Morgan fingerprint density at radius 2 is 0.873 bits per heavy atom. The van der Waals surface area contributed by atoms with E-state index in [1.165, 1.54) is 135 Å². The minimum atomic E-state index is -0.787. The van der Waals surface area contributed by atoms with Crippen molar-refractivity contribution in [2.24, 2.45) is 0 Å². The van der Waals surface area contributed by atoms with Crippen molar-refractivity contribution < 1.29 is 24.5 Å². The fraction of sp³-hybridized carbons (Fsp3) is 0.878. The maximum absolute atomic E-state index is 13.1. The van der Waals surface area contributed by atoms with Crippen LogP contribution in [0.25, 0.3) is 0 Å². The molecule has 0 saturated heterocycles. The van der Waals surface area contributed by atoms with Gasteiger partial charge in [0.15, 0.2) is 0 Å². The molecule has 0 fully saturated rings. The molecule has 3 atom stereocenters. The number of nitrogens with one attached hydrogen (secondary N) is 1. The molecule has 0 radical (unpaired) electrons. The Kier molecular flexibility index (Phi) is 42.2. The van der Waals surface area contributed by atoms with Crippen LogP contribution in [0.1, 0.15) is 252 Å². The summed E-state index contributed by atoms with van der Waals surface area (Å²) in [6, 6.07) is -0.701. The van der Waals surface area contributed by atoms with Crippen molar-refractivity contribution >= 4 is 11.9 Å². The highest BCUT2D eigenvalue weighted by atomic mass is 16.5. The summed E-state index contributed by atoms with van der Waals surface area (Å²) in [5.41, 5.74) is 0. The molecule has 0 rings (SSSR count). The van der Waals surface area contributed by atoms with Crippen molar-refractivity contribution in [2.45, 2.75) is 270 Å². The van der Waals surface area contributed by atoms with Crippen LogP contribution in [0.2, 0.25) is 0 Å². The number of unbranched alkanes of at least 4 members (excludes halogenated alkanes) is 27. The van der Waals surface area contributed by atoms with E-state index in [9.17, 15) is 19.8 Å². The van der Waals surface area contributed by atoms with Crippen molar-refractivity contribution in [3.63, 3.8) is 0 Å². The molecule has 55 heavy (non-hydrogen) atoms. The highest BCUT2D eigenvalue weighted by Crippen LogP contribution is 2.17. The minimum Gasteiger partial charge on any atom is -0.462 e. The number of rotatable bonds is 43. The van der Waals surface area contributed by atoms with E-state index in [0.29, 0.717) is 19.3 Å². The molecule has 0 bridgehead atoms. The number of ether oxygens (including phenoxy) is 1. The molecular formula is C49H93NO5. The largest absolute Gasteiger partial charge is 0.462 e. The van der Waals surface area contributed by atoms with Gasteiger partial charge in [0.2, 0.25) is 5.91 Å². The second-order valence-electron chi connectivity index (χ2n) is 16.5. The lowest BCUT2D eigenvalue weighted by Gasteiger charge is -2.24. The van der Waals surface area contributed by atoms with Crippen LogP contribution in [0.4, 0.5) is 0 Å². The van der Waals surface area contributed by atoms with Gasteiger partial charge in [0.25, 0.3) is 0 Å². The normalized spacial score (nSPS) is 13.5. The van der Waals surface area contributed by atoms with Gasteiger partial charge >= 0.3 is 5.97 Å². The number of hydrogen-bond donors (Lipinski definition) is 3. The lowest BCUT2D eigenvalue weighted by molar-refractivity contribution is -0.151. The average molecular weight is 776 g/mol. The lowest BCUT2D eigenvalue weighted by Crippen LogP contribution is -2.46.